The number of fused-ring (bicyclic) bond motifs is 2. The van der Waals surface area contributed by atoms with E-state index >= 15 is 0 Å². The third-order valence-electron chi connectivity index (χ3n) is 11.5. The first-order valence-electron chi connectivity index (χ1n) is 23.6. The predicted molar refractivity (Wildman–Crippen MR) is 276 cm³/mol. The van der Waals surface area contributed by atoms with Gasteiger partial charge in [0, 0.05) is 58.4 Å². The summed E-state index contributed by atoms with van der Waals surface area (Å²) in [5, 5.41) is 9.18. The zero-order chi connectivity index (χ0) is 52.7. The van der Waals surface area contributed by atoms with Gasteiger partial charge in [-0.15, -0.1) is 0 Å². The van der Waals surface area contributed by atoms with Crippen molar-refractivity contribution in [1.29, 1.82) is 0 Å². The molecule has 2 saturated carbocycles. The van der Waals surface area contributed by atoms with Crippen LogP contribution in [0.25, 0.3) is 44.3 Å². The van der Waals surface area contributed by atoms with E-state index in [1.165, 1.54) is 43.5 Å². The van der Waals surface area contributed by atoms with Gasteiger partial charge in [0.25, 0.3) is 0 Å². The van der Waals surface area contributed by atoms with E-state index in [1.54, 1.807) is 22.8 Å². The number of hydrogen-bond acceptors (Lipinski definition) is 17. The van der Waals surface area contributed by atoms with Gasteiger partial charge in [-0.2, -0.15) is 0 Å². The molecule has 2 aliphatic carbocycles. The second kappa shape index (κ2) is 20.7. The van der Waals surface area contributed by atoms with Crippen molar-refractivity contribution in [2.24, 2.45) is 0 Å². The second-order valence-electron chi connectivity index (χ2n) is 19.7. The third kappa shape index (κ3) is 11.5. The topological polar surface area (TPSA) is 238 Å². The minimum absolute atomic E-state index is 0.0551. The van der Waals surface area contributed by atoms with E-state index < -0.39 is 17.3 Å². The minimum Gasteiger partial charge on any atom is -0.443 e. The van der Waals surface area contributed by atoms with E-state index in [9.17, 15) is 19.2 Å². The standard InChI is InChI=1S/C25H25N5O4.C20H22IN3O3.C7H9N3O2/c1-13-19(14(2)34-29-13)16-11-17(21(31)22-26-9-6-10-27-22)20-18(12-16)30(23(28-20)15-7-8-15)24(32)33-25(3,4)5;1-10-16(11(2)27-23-10)13-8-14(21)17-15(9-13)24(18(22-17)12-6-7-12)19(25)26-20(3,4)5;1-10(12-2)7(11)6-8-4-3-5-9-6/h6,9-12,15H,7-8H2,1-5H3;8-9,12H,6-7H2,1-5H3;3-5H,1-2H3. The number of amides is 1. The summed E-state index contributed by atoms with van der Waals surface area (Å²) in [6.07, 6.45) is 9.10. The number of nitrogens with zero attached hydrogens (tertiary/aromatic N) is 11. The van der Waals surface area contributed by atoms with Gasteiger partial charge in [-0.25, -0.2) is 53.7 Å². The Labute approximate surface area is 434 Å². The van der Waals surface area contributed by atoms with Crippen molar-refractivity contribution < 1.29 is 42.5 Å². The highest BCUT2D eigenvalue weighted by Crippen LogP contribution is 2.44. The average Bonchev–Trinajstić information content (AvgIpc) is 4.24. The van der Waals surface area contributed by atoms with E-state index in [4.69, 9.17) is 28.5 Å². The summed E-state index contributed by atoms with van der Waals surface area (Å²) in [5.41, 5.74) is 6.44. The van der Waals surface area contributed by atoms with Gasteiger partial charge < -0.3 is 18.5 Å². The molecule has 0 saturated heterocycles. The maximum absolute atomic E-state index is 13.5. The molecule has 0 N–H and O–H groups in total. The zero-order valence-electron chi connectivity index (χ0n) is 42.7. The van der Waals surface area contributed by atoms with Gasteiger partial charge in [-0.05, 0) is 165 Å². The number of ether oxygens (including phenoxy) is 2. The Morgan fingerprint density at radius 2 is 1.07 bits per heavy atom. The lowest BCUT2D eigenvalue weighted by Gasteiger charge is -2.20. The van der Waals surface area contributed by atoms with E-state index in [0.717, 1.165) is 79.3 Å². The molecule has 0 unspecified atom stereocenters. The van der Waals surface area contributed by atoms with Crippen molar-refractivity contribution >= 4 is 68.5 Å². The van der Waals surface area contributed by atoms with Crippen LogP contribution in [0, 0.1) is 31.3 Å². The van der Waals surface area contributed by atoms with Crippen LogP contribution in [0.15, 0.2) is 70.2 Å². The quantitative estimate of drug-likeness (QED) is 0.0781. The highest BCUT2D eigenvalue weighted by molar-refractivity contribution is 14.1. The smallest absolute Gasteiger partial charge is 0.420 e. The summed E-state index contributed by atoms with van der Waals surface area (Å²) in [4.78, 5) is 81.2. The predicted octanol–water partition coefficient (Wildman–Crippen LogP) is 10.7. The molecule has 0 spiro atoms. The lowest BCUT2D eigenvalue weighted by molar-refractivity contribution is -0.0764. The summed E-state index contributed by atoms with van der Waals surface area (Å²) in [7, 11) is 2.90. The first-order valence-corrected chi connectivity index (χ1v) is 24.6. The molecular formula is C52H56IN11O9. The number of ketones is 1. The molecule has 2 aliphatic rings. The number of carbonyl (C=O) groups excluding carboxylic acids is 4. The molecule has 2 aromatic carbocycles. The van der Waals surface area contributed by atoms with Gasteiger partial charge in [-0.1, -0.05) is 10.3 Å². The molecule has 8 aromatic rings. The van der Waals surface area contributed by atoms with Gasteiger partial charge in [0.15, 0.2) is 0 Å². The van der Waals surface area contributed by atoms with Gasteiger partial charge in [0.05, 0.1) is 35.1 Å². The van der Waals surface area contributed by atoms with Crippen molar-refractivity contribution in [3.63, 3.8) is 0 Å². The highest BCUT2D eigenvalue weighted by Gasteiger charge is 2.36. The van der Waals surface area contributed by atoms with Crippen molar-refractivity contribution in [2.75, 3.05) is 14.2 Å². The normalized spacial score (nSPS) is 13.5. The molecule has 380 valence electrons. The Morgan fingerprint density at radius 1 is 0.644 bits per heavy atom. The number of rotatable bonds is 8. The molecular weight excluding hydrogens is 1050 g/mol. The van der Waals surface area contributed by atoms with Gasteiger partial charge in [-0.3, -0.25) is 14.4 Å². The molecule has 6 aromatic heterocycles. The van der Waals surface area contributed by atoms with E-state index in [2.05, 4.69) is 63.7 Å². The summed E-state index contributed by atoms with van der Waals surface area (Å²) < 4.78 is 26.2. The van der Waals surface area contributed by atoms with Crippen LogP contribution in [-0.2, 0) is 14.3 Å². The number of hydroxylamine groups is 2. The van der Waals surface area contributed by atoms with Crippen LogP contribution >= 0.6 is 22.6 Å². The van der Waals surface area contributed by atoms with Crippen molar-refractivity contribution in [3.8, 4) is 22.3 Å². The molecule has 21 heteroatoms. The third-order valence-corrected chi connectivity index (χ3v) is 12.4. The number of benzene rings is 2. The van der Waals surface area contributed by atoms with Crippen molar-refractivity contribution in [1.82, 2.24) is 54.4 Å². The minimum atomic E-state index is -0.690. The fourth-order valence-electron chi connectivity index (χ4n) is 8.00. The number of aryl methyl sites for hydroxylation is 4. The molecule has 0 atom stereocenters. The molecule has 20 nitrogen and oxygen atoms in total. The van der Waals surface area contributed by atoms with E-state index in [1.807, 2.05) is 81.4 Å². The summed E-state index contributed by atoms with van der Waals surface area (Å²) in [6, 6.07) is 10.9. The molecule has 2 fully saturated rings. The zero-order valence-corrected chi connectivity index (χ0v) is 44.9. The van der Waals surface area contributed by atoms with Gasteiger partial charge >= 0.3 is 18.1 Å². The van der Waals surface area contributed by atoms with Gasteiger partial charge in [0.1, 0.15) is 45.4 Å². The second-order valence-corrected chi connectivity index (χ2v) is 20.9. The van der Waals surface area contributed by atoms with Crippen LogP contribution in [0.1, 0.15) is 140 Å². The number of halogens is 1. The molecule has 0 bridgehead atoms. The van der Waals surface area contributed by atoms with Crippen molar-refractivity contribution in [2.45, 2.75) is 118 Å². The summed E-state index contributed by atoms with van der Waals surface area (Å²) >= 11 is 2.28. The first kappa shape index (κ1) is 52.1. The van der Waals surface area contributed by atoms with Crippen LogP contribution in [-0.4, -0.2) is 104 Å². The number of carbonyl (C=O) groups is 4. The van der Waals surface area contributed by atoms with E-state index in [0.29, 0.717) is 45.4 Å². The largest absolute Gasteiger partial charge is 0.443 e. The molecule has 0 radical (unpaired) electrons. The fraction of sp³-hybridized carbons (Fsp3) is 0.385. The van der Waals surface area contributed by atoms with E-state index in [-0.39, 0.29) is 35.4 Å². The van der Waals surface area contributed by atoms with Crippen LogP contribution in [0.3, 0.4) is 0 Å². The number of imidazole rings is 2. The fourth-order valence-corrected chi connectivity index (χ4v) is 8.73. The molecule has 0 aliphatic heterocycles. The van der Waals surface area contributed by atoms with Crippen LogP contribution < -0.4 is 0 Å². The average molecular weight is 1110 g/mol. The number of aromatic nitrogens is 10. The lowest BCUT2D eigenvalue weighted by Crippen LogP contribution is -2.28. The Morgan fingerprint density at radius 3 is 1.48 bits per heavy atom. The monoisotopic (exact) mass is 1110 g/mol. The van der Waals surface area contributed by atoms with Crippen LogP contribution in [0.4, 0.5) is 9.59 Å². The molecule has 1 amide bonds. The Balaban J connectivity index is 0.000000162. The molecule has 10 rings (SSSR count). The lowest BCUT2D eigenvalue weighted by atomic mass is 9.98. The maximum atomic E-state index is 13.5. The maximum Gasteiger partial charge on any atom is 0.420 e. The number of hydrogen-bond donors (Lipinski definition) is 0. The Kier molecular flexibility index (Phi) is 14.8. The Bertz CT molecular complexity index is 3340. The molecule has 6 heterocycles. The molecule has 73 heavy (non-hydrogen) atoms. The summed E-state index contributed by atoms with van der Waals surface area (Å²) in [6.45, 7) is 18.5. The Hall–Kier alpha value is -7.27. The highest BCUT2D eigenvalue weighted by atomic mass is 127. The van der Waals surface area contributed by atoms with Crippen LogP contribution in [0.5, 0.6) is 0 Å². The summed E-state index contributed by atoms with van der Waals surface area (Å²) in [5.74, 6) is 2.66. The first-order chi connectivity index (χ1) is 34.5. The van der Waals surface area contributed by atoms with Crippen molar-refractivity contribution in [3.05, 3.63) is 117 Å². The van der Waals surface area contributed by atoms with Gasteiger partial charge in [0.2, 0.25) is 17.4 Å². The SMILES string of the molecule is CON(C)C(=O)c1ncccn1.Cc1noc(C)c1-c1cc(C(=O)c2ncccn2)c2nc(C3CC3)n(C(=O)OC(C)(C)C)c2c1.Cc1noc(C)c1-c1cc(I)c2nc(C3CC3)n(C(=O)OC(C)(C)C)c2c1. The van der Waals surface area contributed by atoms with Crippen LogP contribution in [0.2, 0.25) is 0 Å².